The zero-order valence-electron chi connectivity index (χ0n) is 13.0. The topological polar surface area (TPSA) is 90.0 Å². The van der Waals surface area contributed by atoms with Crippen LogP contribution >= 0.6 is 12.4 Å². The van der Waals surface area contributed by atoms with Crippen LogP contribution in [0.2, 0.25) is 0 Å². The van der Waals surface area contributed by atoms with Crippen molar-refractivity contribution in [3.63, 3.8) is 0 Å². The van der Waals surface area contributed by atoms with E-state index in [0.29, 0.717) is 11.4 Å². The fourth-order valence-corrected chi connectivity index (χ4v) is 2.21. The highest BCUT2D eigenvalue weighted by atomic mass is 35.5. The standard InChI is InChI=1S/C16H14N4O3.ClH/c1-10-3-5-11(6-4-10)14-7-13(16(22)23)15(21)20(18-14)12-8-17-19(2)9-12;/h3-9H,1-2H3,(H,22,23);1H. The zero-order chi connectivity index (χ0) is 16.6. The maximum absolute atomic E-state index is 12.3. The van der Waals surface area contributed by atoms with E-state index in [-0.39, 0.29) is 18.0 Å². The number of aryl methyl sites for hydroxylation is 2. The molecule has 0 bridgehead atoms. The van der Waals surface area contributed by atoms with Gasteiger partial charge >= 0.3 is 5.97 Å². The number of carbonyl (C=O) groups is 1. The molecule has 0 radical (unpaired) electrons. The van der Waals surface area contributed by atoms with Crippen molar-refractivity contribution in [2.24, 2.45) is 7.05 Å². The molecule has 0 saturated carbocycles. The smallest absolute Gasteiger partial charge is 0.341 e. The summed E-state index contributed by atoms with van der Waals surface area (Å²) in [6, 6.07) is 8.76. The highest BCUT2D eigenvalue weighted by Crippen LogP contribution is 2.18. The lowest BCUT2D eigenvalue weighted by atomic mass is 10.1. The minimum absolute atomic E-state index is 0. The minimum atomic E-state index is -1.29. The molecule has 0 saturated heterocycles. The van der Waals surface area contributed by atoms with Crippen molar-refractivity contribution >= 4 is 18.4 Å². The van der Waals surface area contributed by atoms with Gasteiger partial charge in [-0.2, -0.15) is 14.9 Å². The van der Waals surface area contributed by atoms with Crippen LogP contribution in [0, 0.1) is 6.92 Å². The van der Waals surface area contributed by atoms with Gasteiger partial charge in [0.1, 0.15) is 11.3 Å². The van der Waals surface area contributed by atoms with E-state index in [4.69, 9.17) is 0 Å². The van der Waals surface area contributed by atoms with Gasteiger partial charge in [0.05, 0.1) is 18.1 Å². The normalized spacial score (nSPS) is 10.2. The molecular formula is C16H15ClN4O3. The maximum Gasteiger partial charge on any atom is 0.341 e. The Morgan fingerprint density at radius 1 is 1.21 bits per heavy atom. The Bertz CT molecular complexity index is 945. The molecule has 0 aliphatic rings. The lowest BCUT2D eigenvalue weighted by Crippen LogP contribution is -2.27. The quantitative estimate of drug-likeness (QED) is 0.784. The second-order valence-electron chi connectivity index (χ2n) is 5.20. The molecule has 2 aromatic heterocycles. The molecule has 0 fully saturated rings. The number of carboxylic acid groups (broad SMARTS) is 1. The number of hydrogen-bond donors (Lipinski definition) is 1. The number of hydrogen-bond acceptors (Lipinski definition) is 4. The van der Waals surface area contributed by atoms with Gasteiger partial charge in [-0.1, -0.05) is 29.8 Å². The van der Waals surface area contributed by atoms with Crippen molar-refractivity contribution in [3.05, 3.63) is 64.2 Å². The van der Waals surface area contributed by atoms with Crippen molar-refractivity contribution in [1.29, 1.82) is 0 Å². The Kier molecular flexibility index (Phi) is 4.85. The number of aromatic carboxylic acids is 1. The number of rotatable bonds is 3. The minimum Gasteiger partial charge on any atom is -0.477 e. The molecule has 0 aliphatic heterocycles. The van der Waals surface area contributed by atoms with E-state index in [0.717, 1.165) is 15.8 Å². The molecule has 1 N–H and O–H groups in total. The molecule has 3 aromatic rings. The predicted octanol–water partition coefficient (Wildman–Crippen LogP) is 2.06. The summed E-state index contributed by atoms with van der Waals surface area (Å²) in [5.74, 6) is -1.29. The average molecular weight is 347 g/mol. The summed E-state index contributed by atoms with van der Waals surface area (Å²) >= 11 is 0. The van der Waals surface area contributed by atoms with Crippen LogP contribution in [0.25, 0.3) is 16.9 Å². The first-order valence-corrected chi connectivity index (χ1v) is 6.89. The van der Waals surface area contributed by atoms with E-state index in [1.54, 1.807) is 13.2 Å². The summed E-state index contributed by atoms with van der Waals surface area (Å²) < 4.78 is 2.58. The number of halogens is 1. The average Bonchev–Trinajstić information content (AvgIpc) is 2.94. The Balaban J connectivity index is 0.00000208. The third-order valence-corrected chi connectivity index (χ3v) is 3.43. The fourth-order valence-electron chi connectivity index (χ4n) is 2.21. The SMILES string of the molecule is Cc1ccc(-c2cc(C(=O)O)c(=O)n(-c3cnn(C)c3)n2)cc1.Cl. The zero-order valence-corrected chi connectivity index (χ0v) is 13.8. The predicted molar refractivity (Wildman–Crippen MR) is 91.0 cm³/mol. The lowest BCUT2D eigenvalue weighted by molar-refractivity contribution is 0.0694. The molecule has 2 heterocycles. The summed E-state index contributed by atoms with van der Waals surface area (Å²) in [6.45, 7) is 1.95. The third kappa shape index (κ3) is 3.21. The molecule has 0 spiro atoms. The molecule has 24 heavy (non-hydrogen) atoms. The van der Waals surface area contributed by atoms with Crippen molar-refractivity contribution in [3.8, 4) is 16.9 Å². The number of aromatic nitrogens is 4. The van der Waals surface area contributed by atoms with Gasteiger partial charge in [0.2, 0.25) is 0 Å². The summed E-state index contributed by atoms with van der Waals surface area (Å²) in [7, 11) is 1.70. The Morgan fingerprint density at radius 3 is 2.42 bits per heavy atom. The van der Waals surface area contributed by atoms with Crippen LogP contribution in [0.15, 0.2) is 47.5 Å². The first-order chi connectivity index (χ1) is 11.0. The summed E-state index contributed by atoms with van der Waals surface area (Å²) in [5.41, 5.74) is 1.60. The summed E-state index contributed by atoms with van der Waals surface area (Å²) in [4.78, 5) is 23.7. The molecule has 1 aromatic carbocycles. The Hall–Kier alpha value is -2.93. The van der Waals surface area contributed by atoms with E-state index in [2.05, 4.69) is 10.2 Å². The van der Waals surface area contributed by atoms with Gasteiger partial charge in [-0.05, 0) is 13.0 Å². The van der Waals surface area contributed by atoms with Crippen LogP contribution in [-0.2, 0) is 7.05 Å². The largest absolute Gasteiger partial charge is 0.477 e. The van der Waals surface area contributed by atoms with Crippen molar-refractivity contribution in [1.82, 2.24) is 19.6 Å². The molecule has 124 valence electrons. The van der Waals surface area contributed by atoms with E-state index in [1.165, 1.54) is 16.9 Å². The van der Waals surface area contributed by atoms with Crippen molar-refractivity contribution in [2.75, 3.05) is 0 Å². The summed E-state index contributed by atoms with van der Waals surface area (Å²) in [6.07, 6.45) is 3.05. The summed E-state index contributed by atoms with van der Waals surface area (Å²) in [5, 5.41) is 17.6. The van der Waals surface area contributed by atoms with E-state index >= 15 is 0 Å². The van der Waals surface area contributed by atoms with Gasteiger partial charge in [0, 0.05) is 12.6 Å². The highest BCUT2D eigenvalue weighted by Gasteiger charge is 2.17. The second-order valence-corrected chi connectivity index (χ2v) is 5.20. The number of benzene rings is 1. The van der Waals surface area contributed by atoms with E-state index in [9.17, 15) is 14.7 Å². The van der Waals surface area contributed by atoms with Gasteiger partial charge < -0.3 is 5.11 Å². The van der Waals surface area contributed by atoms with E-state index in [1.807, 2.05) is 31.2 Å². The van der Waals surface area contributed by atoms with Crippen molar-refractivity contribution < 1.29 is 9.90 Å². The Morgan fingerprint density at radius 2 is 1.88 bits per heavy atom. The fraction of sp³-hybridized carbons (Fsp3) is 0.125. The van der Waals surface area contributed by atoms with Crippen LogP contribution in [0.3, 0.4) is 0 Å². The van der Waals surface area contributed by atoms with Gasteiger partial charge in [-0.3, -0.25) is 9.48 Å². The van der Waals surface area contributed by atoms with E-state index < -0.39 is 11.5 Å². The molecule has 0 unspecified atom stereocenters. The van der Waals surface area contributed by atoms with Crippen LogP contribution in [0.5, 0.6) is 0 Å². The maximum atomic E-state index is 12.3. The Labute approximate surface area is 143 Å². The van der Waals surface area contributed by atoms with Crippen LogP contribution in [-0.4, -0.2) is 30.6 Å². The monoisotopic (exact) mass is 346 g/mol. The van der Waals surface area contributed by atoms with Gasteiger partial charge in [-0.25, -0.2) is 4.79 Å². The third-order valence-electron chi connectivity index (χ3n) is 3.43. The molecule has 8 heteroatoms. The molecule has 0 aliphatic carbocycles. The molecule has 3 rings (SSSR count). The van der Waals surface area contributed by atoms with Crippen molar-refractivity contribution in [2.45, 2.75) is 6.92 Å². The molecule has 0 amide bonds. The van der Waals surface area contributed by atoms with Crippen LogP contribution in [0.1, 0.15) is 15.9 Å². The van der Waals surface area contributed by atoms with Gasteiger partial charge in [-0.15, -0.1) is 12.4 Å². The van der Waals surface area contributed by atoms with Gasteiger partial charge in [0.15, 0.2) is 0 Å². The number of nitrogens with zero attached hydrogens (tertiary/aromatic N) is 4. The van der Waals surface area contributed by atoms with Crippen LogP contribution in [0.4, 0.5) is 0 Å². The molecular weight excluding hydrogens is 332 g/mol. The first-order valence-electron chi connectivity index (χ1n) is 6.89. The lowest BCUT2D eigenvalue weighted by Gasteiger charge is -2.07. The van der Waals surface area contributed by atoms with Gasteiger partial charge in [0.25, 0.3) is 5.56 Å². The molecule has 0 atom stereocenters. The number of carboxylic acids is 1. The highest BCUT2D eigenvalue weighted by molar-refractivity contribution is 5.88. The molecule has 7 nitrogen and oxygen atoms in total. The van der Waals surface area contributed by atoms with Crippen LogP contribution < -0.4 is 5.56 Å². The first kappa shape index (κ1) is 17.4. The second kappa shape index (κ2) is 6.67.